The van der Waals surface area contributed by atoms with Crippen molar-refractivity contribution in [2.45, 2.75) is 33.6 Å². The molecule has 0 amide bonds. The van der Waals surface area contributed by atoms with Gasteiger partial charge in [0.25, 0.3) is 0 Å². The molecule has 2 nitrogen and oxygen atoms in total. The maximum Gasteiger partial charge on any atom is 0.216 e. The van der Waals surface area contributed by atoms with Crippen LogP contribution >= 0.6 is 0 Å². The second-order valence-corrected chi connectivity index (χ2v) is 2.73. The van der Waals surface area contributed by atoms with Crippen LogP contribution in [0.15, 0.2) is 18.3 Å². The van der Waals surface area contributed by atoms with Gasteiger partial charge in [0.05, 0.1) is 7.11 Å². The summed E-state index contributed by atoms with van der Waals surface area (Å²) in [7, 11) is 1.64. The summed E-state index contributed by atoms with van der Waals surface area (Å²) in [6, 6.07) is 3.94. The molecule has 0 radical (unpaired) electrons. The Balaban J connectivity index is 0.000000424. The molecule has 2 heteroatoms. The Morgan fingerprint density at radius 3 is 2.31 bits per heavy atom. The fourth-order valence-corrected chi connectivity index (χ4v) is 0.877. The van der Waals surface area contributed by atoms with Crippen molar-refractivity contribution in [1.29, 1.82) is 0 Å². The van der Waals surface area contributed by atoms with Gasteiger partial charge in [-0.2, -0.15) is 0 Å². The molecular weight excluding hydrogens is 162 g/mol. The van der Waals surface area contributed by atoms with Crippen molar-refractivity contribution in [2.75, 3.05) is 7.11 Å². The van der Waals surface area contributed by atoms with E-state index in [9.17, 15) is 0 Å². The highest BCUT2D eigenvalue weighted by molar-refractivity contribution is 5.24. The predicted octanol–water partition coefficient (Wildman–Crippen LogP) is 3.07. The molecule has 0 spiro atoms. The zero-order valence-corrected chi connectivity index (χ0v) is 9.00. The average molecular weight is 181 g/mol. The van der Waals surface area contributed by atoms with E-state index in [1.54, 1.807) is 13.3 Å². The lowest BCUT2D eigenvalue weighted by Crippen LogP contribution is -1.91. The van der Waals surface area contributed by atoms with Crippen molar-refractivity contribution < 1.29 is 4.74 Å². The number of ether oxygens (including phenoxy) is 1. The van der Waals surface area contributed by atoms with Gasteiger partial charge in [0, 0.05) is 11.8 Å². The third kappa shape index (κ3) is 4.51. The van der Waals surface area contributed by atoms with Crippen LogP contribution in [0, 0.1) is 0 Å². The first-order valence-corrected chi connectivity index (χ1v) is 4.77. The number of hydrogen-bond donors (Lipinski definition) is 0. The van der Waals surface area contributed by atoms with Crippen molar-refractivity contribution in [3.05, 3.63) is 23.9 Å². The average Bonchev–Trinajstić information content (AvgIpc) is 2.19. The number of nitrogens with zero attached hydrogens (tertiary/aromatic N) is 1. The van der Waals surface area contributed by atoms with Crippen LogP contribution in [0.4, 0.5) is 0 Å². The minimum Gasteiger partial charge on any atom is -0.481 e. The van der Waals surface area contributed by atoms with E-state index < -0.39 is 0 Å². The molecule has 0 N–H and O–H groups in total. The number of aromatic nitrogens is 1. The second kappa shape index (κ2) is 7.59. The largest absolute Gasteiger partial charge is 0.481 e. The van der Waals surface area contributed by atoms with Crippen molar-refractivity contribution in [1.82, 2.24) is 4.98 Å². The third-order valence-electron chi connectivity index (χ3n) is 1.42. The Hall–Kier alpha value is -1.05. The van der Waals surface area contributed by atoms with Crippen molar-refractivity contribution in [3.63, 3.8) is 0 Å². The Bertz CT molecular complexity index is 200. The molecule has 1 aromatic heterocycles. The standard InChI is InChI=1S/C8H11NO.C3H8/c1-3-7-5-4-6-9-8(7)10-2;1-3-2/h4-6H,3H2,1-2H3;3H2,1-2H3. The van der Waals surface area contributed by atoms with Crippen LogP contribution < -0.4 is 4.74 Å². The molecule has 1 rings (SSSR count). The highest BCUT2D eigenvalue weighted by Gasteiger charge is 1.97. The van der Waals surface area contributed by atoms with Crippen molar-refractivity contribution in [3.8, 4) is 5.88 Å². The first-order valence-electron chi connectivity index (χ1n) is 4.77. The van der Waals surface area contributed by atoms with Gasteiger partial charge in [0.15, 0.2) is 0 Å². The number of pyridine rings is 1. The fraction of sp³-hybridized carbons (Fsp3) is 0.545. The molecule has 0 atom stereocenters. The molecular formula is C11H19NO. The van der Waals surface area contributed by atoms with Crippen LogP contribution in [-0.2, 0) is 6.42 Å². The first-order chi connectivity index (χ1) is 6.29. The van der Waals surface area contributed by atoms with E-state index in [0.717, 1.165) is 17.9 Å². The van der Waals surface area contributed by atoms with Gasteiger partial charge in [0.1, 0.15) is 0 Å². The van der Waals surface area contributed by atoms with Crippen LogP contribution in [0.1, 0.15) is 32.8 Å². The van der Waals surface area contributed by atoms with E-state index in [2.05, 4.69) is 25.8 Å². The molecule has 0 saturated heterocycles. The molecule has 1 heterocycles. The lowest BCUT2D eigenvalue weighted by molar-refractivity contribution is 0.393. The Morgan fingerprint density at radius 2 is 1.92 bits per heavy atom. The summed E-state index contributed by atoms with van der Waals surface area (Å²) in [6.45, 7) is 6.33. The molecule has 0 aliphatic rings. The quantitative estimate of drug-likeness (QED) is 0.699. The molecule has 0 aliphatic heterocycles. The minimum absolute atomic E-state index is 0.741. The van der Waals surface area contributed by atoms with Crippen molar-refractivity contribution >= 4 is 0 Å². The summed E-state index contributed by atoms with van der Waals surface area (Å²) in [5, 5.41) is 0. The van der Waals surface area contributed by atoms with Gasteiger partial charge >= 0.3 is 0 Å². The summed E-state index contributed by atoms with van der Waals surface area (Å²) in [6.07, 6.45) is 3.95. The van der Waals surface area contributed by atoms with Crippen LogP contribution in [0.3, 0.4) is 0 Å². The lowest BCUT2D eigenvalue weighted by atomic mass is 10.2. The maximum absolute atomic E-state index is 5.03. The van der Waals surface area contributed by atoms with Gasteiger partial charge in [-0.15, -0.1) is 0 Å². The predicted molar refractivity (Wildman–Crippen MR) is 56.1 cm³/mol. The van der Waals surface area contributed by atoms with Crippen LogP contribution in [-0.4, -0.2) is 12.1 Å². The summed E-state index contributed by atoms with van der Waals surface area (Å²) >= 11 is 0. The fourth-order valence-electron chi connectivity index (χ4n) is 0.877. The molecule has 0 saturated carbocycles. The minimum atomic E-state index is 0.741. The molecule has 0 bridgehead atoms. The van der Waals surface area contributed by atoms with E-state index in [1.807, 2.05) is 12.1 Å². The Labute approximate surface area is 81.0 Å². The number of aryl methyl sites for hydroxylation is 1. The second-order valence-electron chi connectivity index (χ2n) is 2.73. The van der Waals surface area contributed by atoms with E-state index in [0.29, 0.717) is 0 Å². The maximum atomic E-state index is 5.03. The topological polar surface area (TPSA) is 22.1 Å². The number of methoxy groups -OCH3 is 1. The highest BCUT2D eigenvalue weighted by Crippen LogP contribution is 2.12. The summed E-state index contributed by atoms with van der Waals surface area (Å²) in [5.41, 5.74) is 1.16. The molecule has 74 valence electrons. The SMILES string of the molecule is CCC.CCc1cccnc1OC. The van der Waals surface area contributed by atoms with Gasteiger partial charge in [0.2, 0.25) is 5.88 Å². The molecule has 0 unspecified atom stereocenters. The molecule has 0 fully saturated rings. The van der Waals surface area contributed by atoms with E-state index in [-0.39, 0.29) is 0 Å². The van der Waals surface area contributed by atoms with Gasteiger partial charge in [-0.1, -0.05) is 33.3 Å². The van der Waals surface area contributed by atoms with Gasteiger partial charge in [-0.3, -0.25) is 0 Å². The summed E-state index contributed by atoms with van der Waals surface area (Å²) in [5.74, 6) is 0.741. The van der Waals surface area contributed by atoms with E-state index in [1.165, 1.54) is 6.42 Å². The number of rotatable bonds is 2. The van der Waals surface area contributed by atoms with Crippen LogP contribution in [0.5, 0.6) is 5.88 Å². The van der Waals surface area contributed by atoms with E-state index in [4.69, 9.17) is 4.74 Å². The Morgan fingerprint density at radius 1 is 1.31 bits per heavy atom. The third-order valence-corrected chi connectivity index (χ3v) is 1.42. The monoisotopic (exact) mass is 181 g/mol. The van der Waals surface area contributed by atoms with Crippen molar-refractivity contribution in [2.24, 2.45) is 0 Å². The van der Waals surface area contributed by atoms with Crippen LogP contribution in [0.2, 0.25) is 0 Å². The first kappa shape index (κ1) is 11.9. The summed E-state index contributed by atoms with van der Waals surface area (Å²) < 4.78 is 5.03. The smallest absolute Gasteiger partial charge is 0.216 e. The normalized spacial score (nSPS) is 8.62. The van der Waals surface area contributed by atoms with E-state index >= 15 is 0 Å². The molecule has 0 aliphatic carbocycles. The zero-order chi connectivity index (χ0) is 10.1. The van der Waals surface area contributed by atoms with Gasteiger partial charge in [-0.25, -0.2) is 4.98 Å². The molecule has 0 aromatic carbocycles. The number of hydrogen-bond acceptors (Lipinski definition) is 2. The zero-order valence-electron chi connectivity index (χ0n) is 9.00. The van der Waals surface area contributed by atoms with Gasteiger partial charge in [-0.05, 0) is 12.5 Å². The highest BCUT2D eigenvalue weighted by atomic mass is 16.5. The summed E-state index contributed by atoms with van der Waals surface area (Å²) in [4.78, 5) is 4.05. The van der Waals surface area contributed by atoms with Gasteiger partial charge < -0.3 is 4.74 Å². The van der Waals surface area contributed by atoms with Crippen LogP contribution in [0.25, 0.3) is 0 Å². The molecule has 1 aromatic rings. The molecule has 13 heavy (non-hydrogen) atoms. The Kier molecular flexibility index (Phi) is 6.98. The lowest BCUT2D eigenvalue weighted by Gasteiger charge is -2.02.